The molecule has 0 amide bonds. The maximum absolute atomic E-state index is 8.72. The van der Waals surface area contributed by atoms with E-state index in [1.807, 2.05) is 6.07 Å². The minimum atomic E-state index is -3.90. The molecule has 0 atom stereocenters. The molecule has 4 heteroatoms. The summed E-state index contributed by atoms with van der Waals surface area (Å²) in [4.78, 5) is 26.2. The zero-order valence-corrected chi connectivity index (χ0v) is 6.94. The third-order valence-corrected chi connectivity index (χ3v) is 2.17. The standard InChI is InChI=1S/C7H11O3P/c8-11(9,10)6-7-4-2-1-3-5-7/h1-5,8-11H,6H2. The Balaban J connectivity index is 2.66. The van der Waals surface area contributed by atoms with E-state index in [0.717, 1.165) is 5.56 Å². The molecule has 0 heterocycles. The first-order valence-electron chi connectivity index (χ1n) is 3.29. The van der Waals surface area contributed by atoms with Crippen molar-refractivity contribution in [2.24, 2.45) is 0 Å². The van der Waals surface area contributed by atoms with Crippen molar-refractivity contribution in [3.8, 4) is 0 Å². The second-order valence-electron chi connectivity index (χ2n) is 2.44. The van der Waals surface area contributed by atoms with E-state index in [-0.39, 0.29) is 6.16 Å². The Bertz CT molecular complexity index is 217. The van der Waals surface area contributed by atoms with Gasteiger partial charge in [-0.2, -0.15) is 0 Å². The van der Waals surface area contributed by atoms with Gasteiger partial charge in [0.25, 0.3) is 0 Å². The Labute approximate surface area is 65.5 Å². The van der Waals surface area contributed by atoms with Crippen molar-refractivity contribution in [1.29, 1.82) is 0 Å². The van der Waals surface area contributed by atoms with Crippen LogP contribution in [0.15, 0.2) is 30.3 Å². The molecule has 0 unspecified atom stereocenters. The molecular weight excluding hydrogens is 163 g/mol. The van der Waals surface area contributed by atoms with Crippen LogP contribution in [0, 0.1) is 0 Å². The van der Waals surface area contributed by atoms with Crippen molar-refractivity contribution < 1.29 is 14.7 Å². The molecule has 11 heavy (non-hydrogen) atoms. The van der Waals surface area contributed by atoms with Crippen molar-refractivity contribution >= 4 is 7.94 Å². The quantitative estimate of drug-likeness (QED) is 0.577. The topological polar surface area (TPSA) is 60.7 Å². The molecule has 3 nitrogen and oxygen atoms in total. The molecule has 0 aliphatic rings. The fourth-order valence-corrected chi connectivity index (χ4v) is 1.65. The van der Waals surface area contributed by atoms with Gasteiger partial charge < -0.3 is 0 Å². The van der Waals surface area contributed by atoms with Crippen LogP contribution >= 0.6 is 7.94 Å². The van der Waals surface area contributed by atoms with Gasteiger partial charge in [-0.3, -0.25) is 0 Å². The van der Waals surface area contributed by atoms with Gasteiger partial charge >= 0.3 is 64.7 Å². The molecule has 1 aromatic rings. The van der Waals surface area contributed by atoms with Crippen LogP contribution in [0.1, 0.15) is 5.56 Å². The third kappa shape index (κ3) is 3.44. The molecule has 62 valence electrons. The molecular formula is C7H11O3P. The van der Waals surface area contributed by atoms with Crippen LogP contribution in [0.5, 0.6) is 0 Å². The van der Waals surface area contributed by atoms with E-state index in [9.17, 15) is 0 Å². The fourth-order valence-electron chi connectivity index (χ4n) is 0.870. The van der Waals surface area contributed by atoms with E-state index in [4.69, 9.17) is 14.7 Å². The summed E-state index contributed by atoms with van der Waals surface area (Å²) in [7, 11) is -3.90. The Morgan fingerprint density at radius 2 is 1.55 bits per heavy atom. The molecule has 0 fully saturated rings. The van der Waals surface area contributed by atoms with Gasteiger partial charge in [-0.15, -0.1) is 0 Å². The minimum absolute atomic E-state index is 0.0339. The average Bonchev–Trinajstić information content (AvgIpc) is 1.85. The Morgan fingerprint density at radius 3 is 2.00 bits per heavy atom. The summed E-state index contributed by atoms with van der Waals surface area (Å²) >= 11 is 0. The number of benzene rings is 1. The van der Waals surface area contributed by atoms with Gasteiger partial charge in [0, 0.05) is 0 Å². The van der Waals surface area contributed by atoms with Crippen LogP contribution in [-0.2, 0) is 6.16 Å². The molecule has 1 aromatic carbocycles. The van der Waals surface area contributed by atoms with Crippen molar-refractivity contribution in [1.82, 2.24) is 0 Å². The van der Waals surface area contributed by atoms with Gasteiger partial charge in [0.2, 0.25) is 0 Å². The molecule has 0 bridgehead atoms. The van der Waals surface area contributed by atoms with E-state index in [0.29, 0.717) is 0 Å². The summed E-state index contributed by atoms with van der Waals surface area (Å²) in [5, 5.41) is 0. The van der Waals surface area contributed by atoms with Crippen LogP contribution < -0.4 is 0 Å². The summed E-state index contributed by atoms with van der Waals surface area (Å²) in [6.07, 6.45) is -0.0339. The average molecular weight is 174 g/mol. The van der Waals surface area contributed by atoms with Gasteiger partial charge in [0.15, 0.2) is 0 Å². The Morgan fingerprint density at radius 1 is 1.00 bits per heavy atom. The molecule has 0 aromatic heterocycles. The van der Waals surface area contributed by atoms with Crippen LogP contribution in [0.4, 0.5) is 0 Å². The second-order valence-corrected chi connectivity index (χ2v) is 4.34. The molecule has 0 radical (unpaired) electrons. The molecule has 3 N–H and O–H groups in total. The van der Waals surface area contributed by atoms with E-state index in [1.54, 1.807) is 24.3 Å². The van der Waals surface area contributed by atoms with Crippen molar-refractivity contribution in [2.45, 2.75) is 6.16 Å². The molecule has 0 aliphatic heterocycles. The molecule has 0 aliphatic carbocycles. The van der Waals surface area contributed by atoms with E-state index >= 15 is 0 Å². The Hall–Kier alpha value is -0.470. The molecule has 1 rings (SSSR count). The summed E-state index contributed by atoms with van der Waals surface area (Å²) < 4.78 is 0. The first kappa shape index (κ1) is 8.62. The normalized spacial score (nSPS) is 13.0. The van der Waals surface area contributed by atoms with Gasteiger partial charge in [-0.1, -0.05) is 0 Å². The van der Waals surface area contributed by atoms with Crippen molar-refractivity contribution in [2.75, 3.05) is 0 Å². The van der Waals surface area contributed by atoms with Gasteiger partial charge in [0.1, 0.15) is 0 Å². The summed E-state index contributed by atoms with van der Waals surface area (Å²) in [6.45, 7) is 0. The second kappa shape index (κ2) is 3.28. The number of hydrogen-bond donors (Lipinski definition) is 3. The number of hydrogen-bond acceptors (Lipinski definition) is 3. The van der Waals surface area contributed by atoms with Crippen LogP contribution in [-0.4, -0.2) is 14.7 Å². The molecule has 0 saturated heterocycles. The first-order valence-corrected chi connectivity index (χ1v) is 5.34. The SMILES string of the molecule is O[PH](O)(O)Cc1ccccc1. The van der Waals surface area contributed by atoms with Gasteiger partial charge in [0.05, 0.1) is 0 Å². The van der Waals surface area contributed by atoms with Crippen LogP contribution in [0.2, 0.25) is 0 Å². The monoisotopic (exact) mass is 174 g/mol. The fraction of sp³-hybridized carbons (Fsp3) is 0.143. The third-order valence-electron chi connectivity index (χ3n) is 1.28. The zero-order valence-electron chi connectivity index (χ0n) is 5.94. The van der Waals surface area contributed by atoms with Crippen molar-refractivity contribution in [3.05, 3.63) is 35.9 Å². The van der Waals surface area contributed by atoms with E-state index in [2.05, 4.69) is 0 Å². The van der Waals surface area contributed by atoms with E-state index < -0.39 is 7.94 Å². The first-order chi connectivity index (χ1) is 5.08. The van der Waals surface area contributed by atoms with Gasteiger partial charge in [-0.25, -0.2) is 0 Å². The van der Waals surface area contributed by atoms with Crippen molar-refractivity contribution in [3.63, 3.8) is 0 Å². The maximum atomic E-state index is 8.72. The summed E-state index contributed by atoms with van der Waals surface area (Å²) in [5.41, 5.74) is 0.742. The summed E-state index contributed by atoms with van der Waals surface area (Å²) in [6, 6.07) is 8.89. The van der Waals surface area contributed by atoms with E-state index in [1.165, 1.54) is 0 Å². The molecule has 0 spiro atoms. The summed E-state index contributed by atoms with van der Waals surface area (Å²) in [5.74, 6) is 0. The van der Waals surface area contributed by atoms with Gasteiger partial charge in [-0.05, 0) is 0 Å². The van der Waals surface area contributed by atoms with Crippen LogP contribution in [0.3, 0.4) is 0 Å². The van der Waals surface area contributed by atoms with Crippen LogP contribution in [0.25, 0.3) is 0 Å². The number of rotatable bonds is 2. The predicted molar refractivity (Wildman–Crippen MR) is 45.1 cm³/mol. The predicted octanol–water partition coefficient (Wildman–Crippen LogP) is 0.658. The zero-order chi connectivity index (χ0) is 8.32. The Kier molecular flexibility index (Phi) is 2.58. The molecule has 0 saturated carbocycles.